The first-order chi connectivity index (χ1) is 9.58. The first-order valence-corrected chi connectivity index (χ1v) is 6.74. The fraction of sp³-hybridized carbons (Fsp3) is 0.462. The fourth-order valence-corrected chi connectivity index (χ4v) is 1.80. The highest BCUT2D eigenvalue weighted by Crippen LogP contribution is 2.14. The summed E-state index contributed by atoms with van der Waals surface area (Å²) < 4.78 is 10.8. The number of nitrogens with one attached hydrogen (secondary N) is 1. The van der Waals surface area contributed by atoms with Crippen LogP contribution in [0, 0.1) is 13.8 Å². The lowest BCUT2D eigenvalue weighted by atomic mass is 10.4. The van der Waals surface area contributed by atoms with Crippen molar-refractivity contribution in [3.05, 3.63) is 34.4 Å². The maximum absolute atomic E-state index is 5.95. The van der Waals surface area contributed by atoms with Crippen LogP contribution in [0.15, 0.2) is 10.5 Å². The predicted molar refractivity (Wildman–Crippen MR) is 75.7 cm³/mol. The molecule has 0 aliphatic carbocycles. The van der Waals surface area contributed by atoms with Crippen LogP contribution in [0.5, 0.6) is 0 Å². The molecule has 0 fully saturated rings. The second-order valence-corrected chi connectivity index (χ2v) is 4.62. The Bertz CT molecular complexity index is 566. The molecule has 108 valence electrons. The van der Waals surface area contributed by atoms with Crippen molar-refractivity contribution >= 4 is 17.4 Å². The Morgan fingerprint density at radius 3 is 2.75 bits per heavy atom. The van der Waals surface area contributed by atoms with Gasteiger partial charge in [-0.25, -0.2) is 15.0 Å². The van der Waals surface area contributed by atoms with Crippen LogP contribution >= 0.6 is 11.6 Å². The molecule has 7 heteroatoms. The molecule has 0 aliphatic rings. The highest BCUT2D eigenvalue weighted by Gasteiger charge is 2.07. The standard InChI is InChI=1S/C13H17ClN4O2/c1-4-19-7-12-17-10(14)5-11(18-12)15-6-13-16-8(2)9(3)20-13/h5H,4,6-7H2,1-3H3,(H,15,17,18). The van der Waals surface area contributed by atoms with Gasteiger partial charge in [0.2, 0.25) is 5.89 Å². The average molecular weight is 297 g/mol. The highest BCUT2D eigenvalue weighted by molar-refractivity contribution is 6.29. The second kappa shape index (κ2) is 6.67. The Kier molecular flexibility index (Phi) is 4.92. The molecule has 0 unspecified atom stereocenters. The van der Waals surface area contributed by atoms with Crippen molar-refractivity contribution in [3.8, 4) is 0 Å². The van der Waals surface area contributed by atoms with Crippen molar-refractivity contribution in [1.82, 2.24) is 15.0 Å². The molecule has 0 saturated carbocycles. The zero-order valence-corrected chi connectivity index (χ0v) is 12.5. The summed E-state index contributed by atoms with van der Waals surface area (Å²) in [7, 11) is 0. The number of halogens is 1. The molecule has 0 atom stereocenters. The van der Waals surface area contributed by atoms with Gasteiger partial charge in [0, 0.05) is 12.7 Å². The lowest BCUT2D eigenvalue weighted by molar-refractivity contribution is 0.128. The molecular weight excluding hydrogens is 280 g/mol. The Hall–Kier alpha value is -1.66. The number of nitrogens with zero attached hydrogens (tertiary/aromatic N) is 3. The highest BCUT2D eigenvalue weighted by atomic mass is 35.5. The molecular formula is C13H17ClN4O2. The van der Waals surface area contributed by atoms with Crippen LogP contribution < -0.4 is 5.32 Å². The zero-order chi connectivity index (χ0) is 14.5. The van der Waals surface area contributed by atoms with E-state index in [0.29, 0.717) is 42.4 Å². The van der Waals surface area contributed by atoms with Gasteiger partial charge in [-0.05, 0) is 20.8 Å². The van der Waals surface area contributed by atoms with E-state index in [-0.39, 0.29) is 0 Å². The minimum Gasteiger partial charge on any atom is -0.444 e. The smallest absolute Gasteiger partial charge is 0.213 e. The van der Waals surface area contributed by atoms with Crippen LogP contribution in [0.3, 0.4) is 0 Å². The minimum atomic E-state index is 0.336. The van der Waals surface area contributed by atoms with Gasteiger partial charge in [0.25, 0.3) is 0 Å². The molecule has 0 radical (unpaired) electrons. The van der Waals surface area contributed by atoms with Gasteiger partial charge in [0.05, 0.1) is 12.2 Å². The molecule has 2 aromatic rings. The van der Waals surface area contributed by atoms with E-state index in [1.54, 1.807) is 6.07 Å². The number of aromatic nitrogens is 3. The molecule has 6 nitrogen and oxygen atoms in total. The van der Waals surface area contributed by atoms with Gasteiger partial charge < -0.3 is 14.5 Å². The number of hydrogen-bond acceptors (Lipinski definition) is 6. The maximum atomic E-state index is 5.95. The van der Waals surface area contributed by atoms with Crippen molar-refractivity contribution in [3.63, 3.8) is 0 Å². The van der Waals surface area contributed by atoms with Crippen molar-refractivity contribution in [2.45, 2.75) is 33.9 Å². The summed E-state index contributed by atoms with van der Waals surface area (Å²) in [5.74, 6) is 2.59. The van der Waals surface area contributed by atoms with E-state index in [0.717, 1.165) is 11.5 Å². The third-order valence-corrected chi connectivity index (χ3v) is 2.86. The number of ether oxygens (including phenoxy) is 1. The van der Waals surface area contributed by atoms with Crippen LogP contribution in [0.4, 0.5) is 5.82 Å². The molecule has 1 N–H and O–H groups in total. The van der Waals surface area contributed by atoms with Crippen LogP contribution in [0.1, 0.15) is 30.1 Å². The van der Waals surface area contributed by atoms with E-state index >= 15 is 0 Å². The molecule has 0 saturated heterocycles. The zero-order valence-electron chi connectivity index (χ0n) is 11.7. The first kappa shape index (κ1) is 14.7. The molecule has 2 rings (SSSR count). The van der Waals surface area contributed by atoms with Gasteiger partial charge in [-0.15, -0.1) is 0 Å². The number of oxazole rings is 1. The van der Waals surface area contributed by atoms with Crippen molar-refractivity contribution < 1.29 is 9.15 Å². The Morgan fingerprint density at radius 2 is 2.10 bits per heavy atom. The van der Waals surface area contributed by atoms with Crippen LogP contribution in [-0.4, -0.2) is 21.6 Å². The minimum absolute atomic E-state index is 0.336. The second-order valence-electron chi connectivity index (χ2n) is 4.23. The Balaban J connectivity index is 2.03. The Labute approximate surface area is 122 Å². The van der Waals surface area contributed by atoms with Crippen LogP contribution in [0.2, 0.25) is 5.15 Å². The van der Waals surface area contributed by atoms with Crippen LogP contribution in [-0.2, 0) is 17.9 Å². The number of aryl methyl sites for hydroxylation is 2. The van der Waals surface area contributed by atoms with E-state index in [2.05, 4.69) is 20.3 Å². The summed E-state index contributed by atoms with van der Waals surface area (Å²) in [5, 5.41) is 3.48. The fourth-order valence-electron chi connectivity index (χ4n) is 1.59. The average Bonchev–Trinajstić information content (AvgIpc) is 2.73. The maximum Gasteiger partial charge on any atom is 0.213 e. The van der Waals surface area contributed by atoms with Crippen molar-refractivity contribution in [2.24, 2.45) is 0 Å². The lowest BCUT2D eigenvalue weighted by Crippen LogP contribution is -2.06. The molecule has 20 heavy (non-hydrogen) atoms. The molecule has 0 spiro atoms. The normalized spacial score (nSPS) is 10.8. The third kappa shape index (κ3) is 3.91. The summed E-state index contributed by atoms with van der Waals surface area (Å²) in [6, 6.07) is 1.65. The van der Waals surface area contributed by atoms with Gasteiger partial charge in [-0.3, -0.25) is 0 Å². The van der Waals surface area contributed by atoms with E-state index in [1.807, 2.05) is 20.8 Å². The molecule has 0 amide bonds. The summed E-state index contributed by atoms with van der Waals surface area (Å²) in [6.45, 7) is 7.08. The quantitative estimate of drug-likeness (QED) is 0.826. The van der Waals surface area contributed by atoms with Gasteiger partial charge >= 0.3 is 0 Å². The van der Waals surface area contributed by atoms with E-state index in [9.17, 15) is 0 Å². The summed E-state index contributed by atoms with van der Waals surface area (Å²) in [5.41, 5.74) is 0.888. The number of hydrogen-bond donors (Lipinski definition) is 1. The summed E-state index contributed by atoms with van der Waals surface area (Å²) in [6.07, 6.45) is 0. The van der Waals surface area contributed by atoms with E-state index < -0.39 is 0 Å². The predicted octanol–water partition coefficient (Wildman–Crippen LogP) is 2.88. The molecule has 0 aliphatic heterocycles. The molecule has 2 aromatic heterocycles. The lowest BCUT2D eigenvalue weighted by Gasteiger charge is -2.06. The molecule has 0 bridgehead atoms. The molecule has 0 aromatic carbocycles. The SMILES string of the molecule is CCOCc1nc(Cl)cc(NCc2nc(C)c(C)o2)n1. The van der Waals surface area contributed by atoms with E-state index in [4.69, 9.17) is 20.8 Å². The topological polar surface area (TPSA) is 73.1 Å². The molecule has 2 heterocycles. The number of rotatable bonds is 6. The van der Waals surface area contributed by atoms with Crippen molar-refractivity contribution in [2.75, 3.05) is 11.9 Å². The van der Waals surface area contributed by atoms with Crippen molar-refractivity contribution in [1.29, 1.82) is 0 Å². The summed E-state index contributed by atoms with van der Waals surface area (Å²) in [4.78, 5) is 12.7. The van der Waals surface area contributed by atoms with Crippen LogP contribution in [0.25, 0.3) is 0 Å². The van der Waals surface area contributed by atoms with Gasteiger partial charge in [-0.1, -0.05) is 11.6 Å². The largest absolute Gasteiger partial charge is 0.444 e. The summed E-state index contributed by atoms with van der Waals surface area (Å²) >= 11 is 5.95. The van der Waals surface area contributed by atoms with Gasteiger partial charge in [-0.2, -0.15) is 0 Å². The van der Waals surface area contributed by atoms with E-state index in [1.165, 1.54) is 0 Å². The monoisotopic (exact) mass is 296 g/mol. The van der Waals surface area contributed by atoms with Gasteiger partial charge in [0.1, 0.15) is 23.3 Å². The van der Waals surface area contributed by atoms with Gasteiger partial charge in [0.15, 0.2) is 5.82 Å². The Morgan fingerprint density at radius 1 is 1.30 bits per heavy atom. The first-order valence-electron chi connectivity index (χ1n) is 6.36. The third-order valence-electron chi connectivity index (χ3n) is 2.67. The number of anilines is 1.